The second-order valence-electron chi connectivity index (χ2n) is 5.02. The number of hydrogen-bond acceptors (Lipinski definition) is 5. The van der Waals surface area contributed by atoms with Crippen molar-refractivity contribution in [1.82, 2.24) is 19.7 Å². The van der Waals surface area contributed by atoms with Gasteiger partial charge in [-0.15, -0.1) is 0 Å². The van der Waals surface area contributed by atoms with Crippen LogP contribution in [0.2, 0.25) is 0 Å². The van der Waals surface area contributed by atoms with Crippen LogP contribution in [0.3, 0.4) is 0 Å². The number of aryl methyl sites for hydroxylation is 1. The van der Waals surface area contributed by atoms with Gasteiger partial charge < -0.3 is 10.2 Å². The average Bonchev–Trinajstić information content (AvgIpc) is 3.19. The van der Waals surface area contributed by atoms with E-state index in [1.165, 1.54) is 6.33 Å². The summed E-state index contributed by atoms with van der Waals surface area (Å²) in [6, 6.07) is 1.84. The molecule has 0 aliphatic carbocycles. The lowest BCUT2D eigenvalue weighted by Gasteiger charge is -2.19. The van der Waals surface area contributed by atoms with E-state index >= 15 is 0 Å². The molecule has 0 atom stereocenters. The van der Waals surface area contributed by atoms with Crippen molar-refractivity contribution in [2.24, 2.45) is 0 Å². The first-order chi connectivity index (χ1) is 10.3. The van der Waals surface area contributed by atoms with E-state index in [2.05, 4.69) is 25.3 Å². The third-order valence-electron chi connectivity index (χ3n) is 3.50. The Morgan fingerprint density at radius 1 is 1.33 bits per heavy atom. The normalized spacial score (nSPS) is 14.4. The van der Waals surface area contributed by atoms with Crippen LogP contribution in [0.5, 0.6) is 0 Å². The lowest BCUT2D eigenvalue weighted by Crippen LogP contribution is -2.23. The second-order valence-corrected chi connectivity index (χ2v) is 5.02. The van der Waals surface area contributed by atoms with Crippen LogP contribution in [0.25, 0.3) is 0 Å². The molecule has 1 N–H and O–H groups in total. The summed E-state index contributed by atoms with van der Waals surface area (Å²) in [5.74, 6) is 0.760. The minimum absolute atomic E-state index is 0.0549. The Bertz CT molecular complexity index is 591. The van der Waals surface area contributed by atoms with Crippen LogP contribution in [0.15, 0.2) is 31.0 Å². The van der Waals surface area contributed by atoms with Gasteiger partial charge in [-0.05, 0) is 18.9 Å². The quantitative estimate of drug-likeness (QED) is 0.896. The molecule has 2 aromatic heterocycles. The van der Waals surface area contributed by atoms with Crippen molar-refractivity contribution in [2.75, 3.05) is 23.3 Å². The summed E-state index contributed by atoms with van der Waals surface area (Å²) in [4.78, 5) is 22.5. The summed E-state index contributed by atoms with van der Waals surface area (Å²) in [5, 5.41) is 6.98. The molecule has 1 saturated heterocycles. The maximum absolute atomic E-state index is 12.0. The Kier molecular flexibility index (Phi) is 4.09. The van der Waals surface area contributed by atoms with Gasteiger partial charge in [0.15, 0.2) is 5.82 Å². The SMILES string of the molecule is O=C(CCn1cccn1)Nc1cncnc1N1CCCC1. The molecular formula is C14H18N6O. The Balaban J connectivity index is 1.62. The molecule has 0 radical (unpaired) electrons. The summed E-state index contributed by atoms with van der Waals surface area (Å²) in [6.45, 7) is 2.52. The van der Waals surface area contributed by atoms with Crippen molar-refractivity contribution in [3.05, 3.63) is 31.0 Å². The maximum atomic E-state index is 12.0. The highest BCUT2D eigenvalue weighted by Gasteiger charge is 2.18. The summed E-state index contributed by atoms with van der Waals surface area (Å²) in [7, 11) is 0. The summed E-state index contributed by atoms with van der Waals surface area (Å²) in [6.07, 6.45) is 9.42. The van der Waals surface area contributed by atoms with Crippen LogP contribution in [0, 0.1) is 0 Å². The number of anilines is 2. The topological polar surface area (TPSA) is 75.9 Å². The molecule has 1 aliphatic heterocycles. The molecular weight excluding hydrogens is 268 g/mol. The number of carbonyl (C=O) groups excluding carboxylic acids is 1. The van der Waals surface area contributed by atoms with Gasteiger partial charge in [-0.1, -0.05) is 0 Å². The molecule has 2 aromatic rings. The fourth-order valence-electron chi connectivity index (χ4n) is 2.45. The number of nitrogens with zero attached hydrogens (tertiary/aromatic N) is 5. The smallest absolute Gasteiger partial charge is 0.226 e. The second kappa shape index (κ2) is 6.34. The molecule has 0 spiro atoms. The van der Waals surface area contributed by atoms with Crippen molar-refractivity contribution >= 4 is 17.4 Å². The number of hydrogen-bond donors (Lipinski definition) is 1. The van der Waals surface area contributed by atoms with Crippen LogP contribution in [0.4, 0.5) is 11.5 Å². The number of amides is 1. The van der Waals surface area contributed by atoms with Gasteiger partial charge in [0.2, 0.25) is 5.91 Å². The minimum atomic E-state index is -0.0549. The fraction of sp³-hybridized carbons (Fsp3) is 0.429. The first kappa shape index (κ1) is 13.5. The molecule has 0 saturated carbocycles. The number of aromatic nitrogens is 4. The highest BCUT2D eigenvalue weighted by molar-refractivity contribution is 5.93. The molecule has 1 aliphatic rings. The van der Waals surface area contributed by atoms with Gasteiger partial charge in [0, 0.05) is 38.4 Å². The van der Waals surface area contributed by atoms with E-state index in [0.29, 0.717) is 18.7 Å². The van der Waals surface area contributed by atoms with Gasteiger partial charge in [-0.3, -0.25) is 9.48 Å². The number of carbonyl (C=O) groups is 1. The van der Waals surface area contributed by atoms with Crippen LogP contribution >= 0.6 is 0 Å². The molecule has 110 valence electrons. The van der Waals surface area contributed by atoms with Gasteiger partial charge in [0.05, 0.1) is 6.20 Å². The molecule has 1 fully saturated rings. The Morgan fingerprint density at radius 2 is 2.19 bits per heavy atom. The van der Waals surface area contributed by atoms with E-state index in [9.17, 15) is 4.79 Å². The Hall–Kier alpha value is -2.44. The molecule has 7 heteroatoms. The first-order valence-corrected chi connectivity index (χ1v) is 7.15. The van der Waals surface area contributed by atoms with Crippen LogP contribution in [0.1, 0.15) is 19.3 Å². The molecule has 3 heterocycles. The Morgan fingerprint density at radius 3 is 2.95 bits per heavy atom. The summed E-state index contributed by atoms with van der Waals surface area (Å²) in [5.41, 5.74) is 0.685. The maximum Gasteiger partial charge on any atom is 0.226 e. The summed E-state index contributed by atoms with van der Waals surface area (Å²) < 4.78 is 1.74. The van der Waals surface area contributed by atoms with Crippen molar-refractivity contribution in [3.8, 4) is 0 Å². The third kappa shape index (κ3) is 3.36. The zero-order chi connectivity index (χ0) is 14.5. The van der Waals surface area contributed by atoms with E-state index in [4.69, 9.17) is 0 Å². The first-order valence-electron chi connectivity index (χ1n) is 7.15. The monoisotopic (exact) mass is 286 g/mol. The third-order valence-corrected chi connectivity index (χ3v) is 3.50. The van der Waals surface area contributed by atoms with E-state index in [1.807, 2.05) is 12.3 Å². The van der Waals surface area contributed by atoms with Gasteiger partial charge in [0.1, 0.15) is 12.0 Å². The van der Waals surface area contributed by atoms with Crippen LogP contribution < -0.4 is 10.2 Å². The molecule has 1 amide bonds. The largest absolute Gasteiger partial charge is 0.355 e. The summed E-state index contributed by atoms with van der Waals surface area (Å²) >= 11 is 0. The molecule has 7 nitrogen and oxygen atoms in total. The average molecular weight is 286 g/mol. The molecule has 0 unspecified atom stereocenters. The minimum Gasteiger partial charge on any atom is -0.355 e. The highest BCUT2D eigenvalue weighted by Crippen LogP contribution is 2.25. The van der Waals surface area contributed by atoms with E-state index < -0.39 is 0 Å². The highest BCUT2D eigenvalue weighted by atomic mass is 16.1. The lowest BCUT2D eigenvalue weighted by molar-refractivity contribution is -0.116. The number of rotatable bonds is 5. The van der Waals surface area contributed by atoms with E-state index in [-0.39, 0.29) is 5.91 Å². The standard InChI is InChI=1S/C14H18N6O/c21-13(4-9-20-8-3-5-17-20)18-12-10-15-11-16-14(12)19-6-1-2-7-19/h3,5,8,10-11H,1-2,4,6-7,9H2,(H,18,21). The van der Waals surface area contributed by atoms with Crippen molar-refractivity contribution in [1.29, 1.82) is 0 Å². The van der Waals surface area contributed by atoms with Gasteiger partial charge in [0.25, 0.3) is 0 Å². The zero-order valence-electron chi connectivity index (χ0n) is 11.8. The molecule has 0 aromatic carbocycles. The zero-order valence-corrected chi connectivity index (χ0v) is 11.8. The van der Waals surface area contributed by atoms with Crippen molar-refractivity contribution < 1.29 is 4.79 Å². The lowest BCUT2D eigenvalue weighted by atomic mass is 10.3. The van der Waals surface area contributed by atoms with E-state index in [1.54, 1.807) is 17.1 Å². The number of nitrogens with one attached hydrogen (secondary N) is 1. The predicted octanol–water partition coefficient (Wildman–Crippen LogP) is 1.30. The molecule has 21 heavy (non-hydrogen) atoms. The molecule has 0 bridgehead atoms. The van der Waals surface area contributed by atoms with Gasteiger partial charge in [-0.25, -0.2) is 9.97 Å². The van der Waals surface area contributed by atoms with Gasteiger partial charge in [-0.2, -0.15) is 5.10 Å². The fourth-order valence-corrected chi connectivity index (χ4v) is 2.45. The van der Waals surface area contributed by atoms with Gasteiger partial charge >= 0.3 is 0 Å². The van der Waals surface area contributed by atoms with Crippen LogP contribution in [-0.4, -0.2) is 38.7 Å². The van der Waals surface area contributed by atoms with Crippen molar-refractivity contribution in [3.63, 3.8) is 0 Å². The molecule has 3 rings (SSSR count). The van der Waals surface area contributed by atoms with E-state index in [0.717, 1.165) is 31.7 Å². The Labute approximate surface area is 123 Å². The predicted molar refractivity (Wildman–Crippen MR) is 79.0 cm³/mol. The van der Waals surface area contributed by atoms with Crippen LogP contribution in [-0.2, 0) is 11.3 Å². The van der Waals surface area contributed by atoms with Crippen molar-refractivity contribution in [2.45, 2.75) is 25.8 Å².